The first-order valence-corrected chi connectivity index (χ1v) is 6.74. The Labute approximate surface area is 111 Å². The summed E-state index contributed by atoms with van der Waals surface area (Å²) < 4.78 is 1.15. The van der Waals surface area contributed by atoms with Crippen molar-refractivity contribution in [1.82, 2.24) is 15.0 Å². The van der Waals surface area contributed by atoms with Gasteiger partial charge < -0.3 is 9.97 Å². The zero-order valence-corrected chi connectivity index (χ0v) is 10.6. The molecule has 4 aromatic rings. The van der Waals surface area contributed by atoms with Gasteiger partial charge in [0.15, 0.2) is 0 Å². The van der Waals surface area contributed by atoms with E-state index in [2.05, 4.69) is 21.0 Å². The topological polar surface area (TPSA) is 61.5 Å². The van der Waals surface area contributed by atoms with Gasteiger partial charge in [-0.1, -0.05) is 18.2 Å². The Morgan fingerprint density at radius 3 is 3.00 bits per heavy atom. The van der Waals surface area contributed by atoms with Crippen LogP contribution in [0.2, 0.25) is 0 Å². The van der Waals surface area contributed by atoms with Gasteiger partial charge in [0.2, 0.25) is 0 Å². The first kappa shape index (κ1) is 10.5. The Kier molecular flexibility index (Phi) is 2.10. The molecule has 0 unspecified atom stereocenters. The number of rotatable bonds is 1. The summed E-state index contributed by atoms with van der Waals surface area (Å²) in [6.45, 7) is 0. The molecule has 0 aliphatic rings. The van der Waals surface area contributed by atoms with Crippen LogP contribution in [0.3, 0.4) is 0 Å². The summed E-state index contributed by atoms with van der Waals surface area (Å²) in [5.41, 5.74) is 6.43. The van der Waals surface area contributed by atoms with Crippen molar-refractivity contribution in [3.05, 3.63) is 52.4 Å². The molecule has 2 aromatic carbocycles. The fraction of sp³-hybridized carbons (Fsp3) is 0. The standard InChI is InChI=1S/C14H9N3OS/c18-14-16-11-3-1-2-9(13(11)17-14)8-4-5-10-12(6-8)19-7-15-10/h1-7H,(H2,16,17,18). The number of hydrogen-bond donors (Lipinski definition) is 2. The van der Waals surface area contributed by atoms with Gasteiger partial charge >= 0.3 is 5.69 Å². The first-order chi connectivity index (χ1) is 9.31. The molecule has 0 aliphatic carbocycles. The van der Waals surface area contributed by atoms with E-state index in [1.54, 1.807) is 11.3 Å². The highest BCUT2D eigenvalue weighted by Gasteiger charge is 2.07. The van der Waals surface area contributed by atoms with Crippen LogP contribution < -0.4 is 5.69 Å². The molecule has 0 saturated carbocycles. The Balaban J connectivity index is 2.05. The monoisotopic (exact) mass is 267 g/mol. The zero-order chi connectivity index (χ0) is 12.8. The predicted octanol–water partition coefficient (Wildman–Crippen LogP) is 3.13. The summed E-state index contributed by atoms with van der Waals surface area (Å²) in [6.07, 6.45) is 0. The first-order valence-electron chi connectivity index (χ1n) is 5.86. The Bertz CT molecular complexity index is 948. The zero-order valence-electron chi connectivity index (χ0n) is 9.81. The summed E-state index contributed by atoms with van der Waals surface area (Å²) in [4.78, 5) is 21.3. The van der Waals surface area contributed by atoms with Crippen LogP contribution >= 0.6 is 11.3 Å². The van der Waals surface area contributed by atoms with Crippen LogP contribution in [0.5, 0.6) is 0 Å². The number of para-hydroxylation sites is 1. The summed E-state index contributed by atoms with van der Waals surface area (Å²) in [7, 11) is 0. The van der Waals surface area contributed by atoms with Gasteiger partial charge in [0.25, 0.3) is 0 Å². The van der Waals surface area contributed by atoms with E-state index < -0.39 is 0 Å². The number of H-pyrrole nitrogens is 2. The van der Waals surface area contributed by atoms with Gasteiger partial charge in [0, 0.05) is 5.56 Å². The molecule has 4 rings (SSSR count). The second kappa shape index (κ2) is 3.80. The maximum Gasteiger partial charge on any atom is 0.323 e. The molecule has 4 nitrogen and oxygen atoms in total. The minimum Gasteiger partial charge on any atom is -0.306 e. The third-order valence-corrected chi connectivity index (χ3v) is 3.99. The second-order valence-electron chi connectivity index (χ2n) is 4.34. The van der Waals surface area contributed by atoms with E-state index in [4.69, 9.17) is 0 Å². The van der Waals surface area contributed by atoms with Crippen LogP contribution in [-0.2, 0) is 0 Å². The second-order valence-corrected chi connectivity index (χ2v) is 5.23. The molecule has 5 heteroatoms. The van der Waals surface area contributed by atoms with E-state index >= 15 is 0 Å². The van der Waals surface area contributed by atoms with E-state index in [1.807, 2.05) is 35.8 Å². The molecule has 0 bridgehead atoms. The van der Waals surface area contributed by atoms with Gasteiger partial charge in [-0.25, -0.2) is 9.78 Å². The van der Waals surface area contributed by atoms with E-state index in [1.165, 1.54) is 0 Å². The molecular formula is C14H9N3OS. The van der Waals surface area contributed by atoms with Crippen LogP contribution in [0.4, 0.5) is 0 Å². The van der Waals surface area contributed by atoms with Crippen molar-refractivity contribution in [2.24, 2.45) is 0 Å². The van der Waals surface area contributed by atoms with Crippen LogP contribution in [0, 0.1) is 0 Å². The Morgan fingerprint density at radius 2 is 2.05 bits per heavy atom. The lowest BCUT2D eigenvalue weighted by Crippen LogP contribution is -1.99. The maximum atomic E-state index is 11.4. The van der Waals surface area contributed by atoms with Gasteiger partial charge in [-0.2, -0.15) is 0 Å². The molecule has 0 aliphatic heterocycles. The molecule has 0 fully saturated rings. The molecule has 2 N–H and O–H groups in total. The van der Waals surface area contributed by atoms with Gasteiger partial charge in [-0.15, -0.1) is 11.3 Å². The van der Waals surface area contributed by atoms with Crippen LogP contribution in [0.15, 0.2) is 46.7 Å². The van der Waals surface area contributed by atoms with Crippen molar-refractivity contribution in [3.8, 4) is 11.1 Å². The molecule has 0 radical (unpaired) electrons. The third-order valence-electron chi connectivity index (χ3n) is 3.19. The molecule has 92 valence electrons. The predicted molar refractivity (Wildman–Crippen MR) is 77.5 cm³/mol. The summed E-state index contributed by atoms with van der Waals surface area (Å²) in [5.74, 6) is 0. The molecule has 0 saturated heterocycles. The summed E-state index contributed by atoms with van der Waals surface area (Å²) in [5, 5.41) is 0. The van der Waals surface area contributed by atoms with E-state index in [0.717, 1.165) is 32.4 Å². The highest BCUT2D eigenvalue weighted by Crippen LogP contribution is 2.29. The minimum atomic E-state index is -0.179. The smallest absolute Gasteiger partial charge is 0.306 e. The van der Waals surface area contributed by atoms with Crippen molar-refractivity contribution in [2.45, 2.75) is 0 Å². The number of aromatic amines is 2. The summed E-state index contributed by atoms with van der Waals surface area (Å²) >= 11 is 1.62. The quantitative estimate of drug-likeness (QED) is 0.556. The van der Waals surface area contributed by atoms with Gasteiger partial charge in [0.05, 0.1) is 26.8 Å². The van der Waals surface area contributed by atoms with Crippen LogP contribution in [-0.4, -0.2) is 15.0 Å². The van der Waals surface area contributed by atoms with Gasteiger partial charge in [-0.05, 0) is 23.8 Å². The molecule has 19 heavy (non-hydrogen) atoms. The lowest BCUT2D eigenvalue weighted by Gasteiger charge is -2.03. The van der Waals surface area contributed by atoms with Crippen LogP contribution in [0.1, 0.15) is 0 Å². The molecule has 0 amide bonds. The number of fused-ring (bicyclic) bond motifs is 2. The Hall–Kier alpha value is -2.40. The molecule has 2 heterocycles. The van der Waals surface area contributed by atoms with E-state index in [0.29, 0.717) is 0 Å². The van der Waals surface area contributed by atoms with Crippen molar-refractivity contribution in [1.29, 1.82) is 0 Å². The highest BCUT2D eigenvalue weighted by atomic mass is 32.1. The molecule has 2 aromatic heterocycles. The lowest BCUT2D eigenvalue weighted by atomic mass is 10.0. The van der Waals surface area contributed by atoms with Crippen molar-refractivity contribution in [3.63, 3.8) is 0 Å². The number of thiazole rings is 1. The number of nitrogens with zero attached hydrogens (tertiary/aromatic N) is 1. The largest absolute Gasteiger partial charge is 0.323 e. The fourth-order valence-corrected chi connectivity index (χ4v) is 3.04. The number of imidazole rings is 1. The third kappa shape index (κ3) is 1.59. The van der Waals surface area contributed by atoms with Crippen LogP contribution in [0.25, 0.3) is 32.4 Å². The van der Waals surface area contributed by atoms with Crippen molar-refractivity contribution in [2.75, 3.05) is 0 Å². The van der Waals surface area contributed by atoms with Gasteiger partial charge in [0.1, 0.15) is 0 Å². The molecule has 0 spiro atoms. The number of hydrogen-bond acceptors (Lipinski definition) is 3. The maximum absolute atomic E-state index is 11.4. The van der Waals surface area contributed by atoms with Crippen molar-refractivity contribution >= 4 is 32.6 Å². The fourth-order valence-electron chi connectivity index (χ4n) is 2.32. The number of benzene rings is 2. The van der Waals surface area contributed by atoms with E-state index in [9.17, 15) is 4.79 Å². The van der Waals surface area contributed by atoms with Crippen molar-refractivity contribution < 1.29 is 0 Å². The lowest BCUT2D eigenvalue weighted by molar-refractivity contribution is 1.22. The SMILES string of the molecule is O=c1[nH]c2cccc(-c3ccc4ncsc4c3)c2[nH]1. The Morgan fingerprint density at radius 1 is 1.11 bits per heavy atom. The van der Waals surface area contributed by atoms with Gasteiger partial charge in [-0.3, -0.25) is 0 Å². The average molecular weight is 267 g/mol. The minimum absolute atomic E-state index is 0.179. The summed E-state index contributed by atoms with van der Waals surface area (Å²) in [6, 6.07) is 12.0. The molecule has 0 atom stereocenters. The number of nitrogens with one attached hydrogen (secondary N) is 2. The normalized spacial score (nSPS) is 11.4. The highest BCUT2D eigenvalue weighted by molar-refractivity contribution is 7.16. The average Bonchev–Trinajstić information content (AvgIpc) is 3.01. The van der Waals surface area contributed by atoms with E-state index in [-0.39, 0.29) is 5.69 Å². The molecular weight excluding hydrogens is 258 g/mol. The number of aromatic nitrogens is 3.